The van der Waals surface area contributed by atoms with Crippen LogP contribution in [-0.2, 0) is 38.1 Å². The number of ether oxygens (including phenoxy) is 10. The molecule has 16 rings (SSSR count). The van der Waals surface area contributed by atoms with Crippen molar-refractivity contribution in [3.63, 3.8) is 0 Å². The van der Waals surface area contributed by atoms with Crippen molar-refractivity contribution >= 4 is 134 Å². The monoisotopic (exact) mass is 1780 g/mol. The molecule has 0 saturated heterocycles. The minimum absolute atomic E-state index is 0.0857. The first-order chi connectivity index (χ1) is 61.3. The summed E-state index contributed by atoms with van der Waals surface area (Å²) in [5, 5.41) is 62.5. The maximum absolute atomic E-state index is 12.5. The van der Waals surface area contributed by atoms with Crippen molar-refractivity contribution in [2.24, 2.45) is 0 Å². The van der Waals surface area contributed by atoms with E-state index in [4.69, 9.17) is 28.4 Å². The molecule has 6 N–H and O–H groups in total. The first-order valence-corrected chi connectivity index (χ1v) is 41.9. The Bertz CT molecular complexity index is 6750. The van der Waals surface area contributed by atoms with Gasteiger partial charge in [0.1, 0.15) is 69.0 Å². The molecule has 27 heteroatoms. The van der Waals surface area contributed by atoms with Gasteiger partial charge in [-0.3, -0.25) is 0 Å². The molecule has 4 aromatic heterocycles. The minimum atomic E-state index is -4.77. The summed E-state index contributed by atoms with van der Waals surface area (Å²) in [6.07, 6.45) is 7.21. The predicted octanol–water partition coefficient (Wildman–Crippen LogP) is 26.0. The van der Waals surface area contributed by atoms with Crippen LogP contribution in [0.15, 0.2) is 285 Å². The number of rotatable bonds is 23. The van der Waals surface area contributed by atoms with Gasteiger partial charge in [0.2, 0.25) is 0 Å². The van der Waals surface area contributed by atoms with Crippen LogP contribution in [-0.4, -0.2) is 95.9 Å². The third-order valence-electron chi connectivity index (χ3n) is 18.7. The quantitative estimate of drug-likeness (QED) is 0.0197. The molecule has 0 bridgehead atoms. The van der Waals surface area contributed by atoms with Gasteiger partial charge in [0.25, 0.3) is 0 Å². The highest BCUT2D eigenvalue weighted by atomic mass is 32.1. The number of carbonyl (C=O) groups excluding carboxylic acids is 4. The van der Waals surface area contributed by atoms with Crippen LogP contribution in [0.5, 0.6) is 92.0 Å². The summed E-state index contributed by atoms with van der Waals surface area (Å²) in [6.45, 7) is 3.91. The Balaban J connectivity index is 0.000000145. The number of aryl methyl sites for hydroxylation is 1. The fraction of sp³-hybridized carbons (Fsp3) is 0.0800. The van der Waals surface area contributed by atoms with Gasteiger partial charge in [-0.05, 0) is 271 Å². The predicted molar refractivity (Wildman–Crippen MR) is 492 cm³/mol. The Labute approximate surface area is 741 Å². The number of hydrogen-bond acceptors (Lipinski definition) is 24. The summed E-state index contributed by atoms with van der Waals surface area (Å²) in [6, 6.07) is 75.4. The average Bonchev–Trinajstić information content (AvgIpc) is 1.65. The maximum Gasteiger partial charge on any atom is 0.573 e. The molecule has 0 saturated carbocycles. The van der Waals surface area contributed by atoms with E-state index in [1.165, 1.54) is 110 Å². The number of thiophene rings is 4. The largest absolute Gasteiger partial charge is 0.573 e. The number of alkyl halides is 3. The van der Waals surface area contributed by atoms with Gasteiger partial charge >= 0.3 is 30.2 Å². The van der Waals surface area contributed by atoms with Gasteiger partial charge in [-0.2, -0.15) is 0 Å². The lowest BCUT2D eigenvalue weighted by molar-refractivity contribution is -0.274. The number of carbonyl (C=O) groups is 4. The molecule has 0 aliphatic heterocycles. The number of methoxy groups -OCH3 is 4. The van der Waals surface area contributed by atoms with E-state index in [0.29, 0.717) is 68.6 Å². The van der Waals surface area contributed by atoms with Crippen LogP contribution in [0.4, 0.5) is 13.2 Å². The molecule has 4 heterocycles. The Kier molecular flexibility index (Phi) is 29.1. The van der Waals surface area contributed by atoms with Gasteiger partial charge in [-0.1, -0.05) is 66.7 Å². The number of fused-ring (bicyclic) bond motifs is 4. The molecule has 20 nitrogen and oxygen atoms in total. The third-order valence-corrected chi connectivity index (χ3v) is 23.5. The van der Waals surface area contributed by atoms with Crippen LogP contribution in [0.2, 0.25) is 0 Å². The van der Waals surface area contributed by atoms with Crippen LogP contribution in [0, 0.1) is 6.92 Å². The van der Waals surface area contributed by atoms with Crippen LogP contribution in [0.3, 0.4) is 0 Å². The number of aromatic hydroxyl groups is 6. The SMILES string of the molecule is CCOC(=O)/C=C/c1ccc(Oc2c(-c3ccc(O)cc3)sc3cc(O)ccc23)cc1OC.COC(=O)/C=C/c1ccc(Oc2c(-c3ccc(O)c(C)c3)sc3cc(O)ccc23)cc1.COC(=O)/C=C/c1ccc(Oc2c(-c3ccc(OC(F)(F)F)cc3)sc3cc(O)ccc23)cc1.COC(=O)/C=C/c1ccc(Oc2c(-c3ccccc3)sc3cc(O)ccc23)cc1. The van der Waals surface area contributed by atoms with Crippen molar-refractivity contribution in [3.05, 3.63) is 313 Å². The smallest absolute Gasteiger partial charge is 0.508 e. The van der Waals surface area contributed by atoms with Gasteiger partial charge in [0.15, 0.2) is 23.0 Å². The molecule has 0 fully saturated rings. The van der Waals surface area contributed by atoms with E-state index in [1.807, 2.05) is 128 Å². The lowest BCUT2D eigenvalue weighted by atomic mass is 10.1. The molecule has 0 aliphatic rings. The molecule has 12 aromatic carbocycles. The minimum Gasteiger partial charge on any atom is -0.508 e. The molecule has 0 aliphatic carbocycles. The molecule has 0 spiro atoms. The normalized spacial score (nSPS) is 11.3. The summed E-state index contributed by atoms with van der Waals surface area (Å²) in [7, 11) is 5.52. The summed E-state index contributed by atoms with van der Waals surface area (Å²) < 4.78 is 94.1. The van der Waals surface area contributed by atoms with E-state index in [0.717, 1.165) is 99.7 Å². The highest BCUT2D eigenvalue weighted by Crippen LogP contribution is 2.53. The standard InChI is InChI=1S/C26H22O6S.C25H17F3O5S.C25H20O5S.C24H18O4S/c1-3-31-24(29)13-7-16-6-11-20(15-22(16)30-2)32-25-21-12-10-19(28)14-23(21)33-26(25)17-4-8-18(27)9-5-17;1-31-22(30)13-4-15-2-8-18(9-3-15)32-23-20-12-7-17(29)14-21(20)34-24(23)16-5-10-19(11-6-16)33-25(26,27)28;1-15-13-17(6-11-21(15)27)25-24(20-10-7-18(26)14-22(20)31-25)30-19-8-3-16(4-9-19)5-12-23(28)29-2;1-27-22(26)14-9-16-7-11-19(12-8-16)28-23-20-13-10-18(25)15-21(20)29-24(23)17-5-3-2-4-6-17/h4-15,27-28H,3H2,1-2H3;2-14,29H,1H3;3-14,26-27H,1-2H3;2-15,25H,1H3/b13-7+;13-4+;12-5+;14-9+. The Hall–Kier alpha value is -15.3. The second-order valence-corrected chi connectivity index (χ2v) is 31.6. The molecule has 16 aromatic rings. The highest BCUT2D eigenvalue weighted by Gasteiger charge is 2.31. The fourth-order valence-electron chi connectivity index (χ4n) is 12.6. The van der Waals surface area contributed by atoms with Gasteiger partial charge in [-0.25, -0.2) is 19.2 Å². The summed E-state index contributed by atoms with van der Waals surface area (Å²) in [4.78, 5) is 48.8. The second kappa shape index (κ2) is 41.3. The van der Waals surface area contributed by atoms with Crippen LogP contribution >= 0.6 is 45.3 Å². The Morgan fingerprint density at radius 1 is 0.346 bits per heavy atom. The van der Waals surface area contributed by atoms with E-state index in [2.05, 4.69) is 18.9 Å². The average molecular weight is 1780 g/mol. The van der Waals surface area contributed by atoms with Crippen molar-refractivity contribution in [1.29, 1.82) is 0 Å². The first kappa shape index (κ1) is 89.5. The van der Waals surface area contributed by atoms with E-state index in [9.17, 15) is 63.0 Å². The molecule has 127 heavy (non-hydrogen) atoms. The Morgan fingerprint density at radius 2 is 0.677 bits per heavy atom. The van der Waals surface area contributed by atoms with E-state index < -0.39 is 30.2 Å². The molecule has 0 amide bonds. The van der Waals surface area contributed by atoms with E-state index >= 15 is 0 Å². The molecular formula is C100H77F3O20S4. The zero-order valence-corrected chi connectivity index (χ0v) is 71.6. The van der Waals surface area contributed by atoms with Crippen LogP contribution in [0.1, 0.15) is 34.7 Å². The lowest BCUT2D eigenvalue weighted by Crippen LogP contribution is -2.16. The van der Waals surface area contributed by atoms with Crippen molar-refractivity contribution in [2.45, 2.75) is 20.2 Å². The van der Waals surface area contributed by atoms with Crippen LogP contribution in [0.25, 0.3) is 106 Å². The van der Waals surface area contributed by atoms with E-state index in [-0.39, 0.29) is 40.2 Å². The number of halogens is 3. The van der Waals surface area contributed by atoms with Crippen molar-refractivity contribution in [2.75, 3.05) is 35.0 Å². The summed E-state index contributed by atoms with van der Waals surface area (Å²) >= 11 is 5.91. The van der Waals surface area contributed by atoms with Crippen LogP contribution < -0.4 is 28.4 Å². The topological polar surface area (TPSA) is 282 Å². The number of phenols is 6. The Morgan fingerprint density at radius 3 is 1.04 bits per heavy atom. The third kappa shape index (κ3) is 23.4. The number of phenolic OH excluding ortho intramolecular Hbond substituents is 6. The van der Waals surface area contributed by atoms with Crippen molar-refractivity contribution < 1.29 is 110 Å². The van der Waals surface area contributed by atoms with Gasteiger partial charge in [0, 0.05) is 76.3 Å². The van der Waals surface area contributed by atoms with Crippen molar-refractivity contribution in [1.82, 2.24) is 0 Å². The fourth-order valence-corrected chi connectivity index (χ4v) is 17.2. The number of esters is 4. The first-order valence-electron chi connectivity index (χ1n) is 38.6. The molecular weight excluding hydrogens is 1710 g/mol. The summed E-state index contributed by atoms with van der Waals surface area (Å²) in [5.74, 6) is 4.57. The van der Waals surface area contributed by atoms with Gasteiger partial charge in [-0.15, -0.1) is 58.5 Å². The highest BCUT2D eigenvalue weighted by molar-refractivity contribution is 7.24. The molecule has 642 valence electrons. The second-order valence-electron chi connectivity index (χ2n) is 27.4. The zero-order chi connectivity index (χ0) is 89.8. The molecule has 0 atom stereocenters. The molecule has 0 radical (unpaired) electrons. The van der Waals surface area contributed by atoms with Crippen molar-refractivity contribution in [3.8, 4) is 134 Å². The number of hydrogen-bond donors (Lipinski definition) is 6. The van der Waals surface area contributed by atoms with Gasteiger partial charge in [0.05, 0.1) is 54.6 Å². The summed E-state index contributed by atoms with van der Waals surface area (Å²) in [5.41, 5.74) is 7.43. The van der Waals surface area contributed by atoms with Gasteiger partial charge < -0.3 is 78.0 Å². The van der Waals surface area contributed by atoms with E-state index in [1.54, 1.807) is 159 Å². The zero-order valence-electron chi connectivity index (χ0n) is 68.3. The number of benzene rings is 12. The molecule has 0 unspecified atom stereocenters. The lowest BCUT2D eigenvalue weighted by Gasteiger charge is -2.11. The maximum atomic E-state index is 12.5.